The van der Waals surface area contributed by atoms with Crippen molar-refractivity contribution in [1.82, 2.24) is 14.5 Å². The van der Waals surface area contributed by atoms with Crippen molar-refractivity contribution in [3.8, 4) is 39.5 Å². The molecule has 7 aromatic carbocycles. The smallest absolute Gasteiger partial charge is 0.160 e. The minimum absolute atomic E-state index is 0.319. The molecule has 2 atom stereocenters. The number of rotatable bonds is 4. The number of hydrogen-bond donors (Lipinski definition) is 0. The first-order valence-corrected chi connectivity index (χ1v) is 20.4. The lowest BCUT2D eigenvalue weighted by molar-refractivity contribution is 0.893. The average molecular weight is 738 g/mol. The Morgan fingerprint density at radius 3 is 2.05 bits per heavy atom. The Morgan fingerprint density at radius 1 is 0.545 bits per heavy atom. The lowest BCUT2D eigenvalue weighted by atomic mass is 9.87. The van der Waals surface area contributed by atoms with Crippen LogP contribution in [0.1, 0.15) is 11.5 Å². The van der Waals surface area contributed by atoms with Crippen LogP contribution in [-0.4, -0.2) is 19.8 Å². The predicted octanol–water partition coefficient (Wildman–Crippen LogP) is 13.8. The topological polar surface area (TPSA) is 30.7 Å². The van der Waals surface area contributed by atoms with Gasteiger partial charge in [0, 0.05) is 59.1 Å². The van der Waals surface area contributed by atoms with Crippen LogP contribution in [0.3, 0.4) is 0 Å². The molecule has 4 heterocycles. The van der Waals surface area contributed by atoms with Crippen LogP contribution in [0.2, 0.25) is 0 Å². The Hall–Kier alpha value is -6.27. The van der Waals surface area contributed by atoms with Gasteiger partial charge in [0.2, 0.25) is 0 Å². The monoisotopic (exact) mass is 737 g/mol. The molecule has 0 spiro atoms. The van der Waals surface area contributed by atoms with Gasteiger partial charge in [-0.1, -0.05) is 146 Å². The average Bonchev–Trinajstić information content (AvgIpc) is 3.94. The fraction of sp³-hybridized carbons (Fsp3) is 0.0400. The predicted molar refractivity (Wildman–Crippen MR) is 234 cm³/mol. The van der Waals surface area contributed by atoms with Crippen LogP contribution in [0, 0.1) is 0 Å². The summed E-state index contributed by atoms with van der Waals surface area (Å²) in [5, 5.41) is 6.78. The van der Waals surface area contributed by atoms with Crippen LogP contribution in [-0.2, 0) is 0 Å². The second-order valence-corrected chi connectivity index (χ2v) is 16.7. The molecule has 3 nitrogen and oxygen atoms in total. The third-order valence-corrected chi connectivity index (χ3v) is 13.9. The van der Waals surface area contributed by atoms with Crippen molar-refractivity contribution in [2.45, 2.75) is 16.1 Å². The van der Waals surface area contributed by atoms with E-state index < -0.39 is 0 Å². The summed E-state index contributed by atoms with van der Waals surface area (Å²) < 4.78 is 4.84. The molecule has 0 bridgehead atoms. The van der Waals surface area contributed by atoms with Gasteiger partial charge in [-0.05, 0) is 52.4 Å². The summed E-state index contributed by atoms with van der Waals surface area (Å²) in [7, 11) is 0. The zero-order valence-corrected chi connectivity index (χ0v) is 31.2. The van der Waals surface area contributed by atoms with Gasteiger partial charge >= 0.3 is 0 Å². The number of nitrogens with zero attached hydrogens (tertiary/aromatic N) is 3. The molecule has 2 aliphatic rings. The van der Waals surface area contributed by atoms with E-state index in [-0.39, 0.29) is 0 Å². The van der Waals surface area contributed by atoms with E-state index in [4.69, 9.17) is 9.97 Å². The molecule has 1 aliphatic heterocycles. The van der Waals surface area contributed by atoms with Crippen LogP contribution in [0.4, 0.5) is 0 Å². The summed E-state index contributed by atoms with van der Waals surface area (Å²) in [6.45, 7) is 0. The summed E-state index contributed by atoms with van der Waals surface area (Å²) in [6, 6.07) is 54.8. The van der Waals surface area contributed by atoms with Crippen molar-refractivity contribution in [3.63, 3.8) is 0 Å². The first-order chi connectivity index (χ1) is 27.3. The van der Waals surface area contributed by atoms with Crippen LogP contribution in [0.15, 0.2) is 181 Å². The Labute approximate surface area is 325 Å². The molecule has 2 unspecified atom stereocenters. The Kier molecular flexibility index (Phi) is 6.86. The summed E-state index contributed by atoms with van der Waals surface area (Å²) in [5.41, 5.74) is 11.3. The van der Waals surface area contributed by atoms with Gasteiger partial charge in [0.05, 0.1) is 26.9 Å². The molecule has 1 aliphatic carbocycles. The van der Waals surface area contributed by atoms with E-state index >= 15 is 0 Å². The molecule has 5 heteroatoms. The number of fused-ring (bicyclic) bond motifs is 13. The van der Waals surface area contributed by atoms with E-state index in [2.05, 4.69) is 181 Å². The van der Waals surface area contributed by atoms with Crippen LogP contribution >= 0.6 is 23.1 Å². The molecule has 0 N–H and O–H groups in total. The number of thiophene rings is 1. The Morgan fingerprint density at radius 2 is 1.22 bits per heavy atom. The molecule has 0 radical (unpaired) electrons. The van der Waals surface area contributed by atoms with Gasteiger partial charge in [0.1, 0.15) is 0 Å². The summed E-state index contributed by atoms with van der Waals surface area (Å²) in [5.74, 6) is 1.04. The Bertz CT molecular complexity index is 3250. The lowest BCUT2D eigenvalue weighted by Gasteiger charge is -2.17. The van der Waals surface area contributed by atoms with Crippen molar-refractivity contribution in [1.29, 1.82) is 0 Å². The number of benzene rings is 7. The van der Waals surface area contributed by atoms with E-state index in [1.807, 2.05) is 11.8 Å². The number of hydrogen-bond acceptors (Lipinski definition) is 4. The van der Waals surface area contributed by atoms with Crippen LogP contribution in [0.5, 0.6) is 0 Å². The first kappa shape index (κ1) is 31.1. The van der Waals surface area contributed by atoms with Crippen molar-refractivity contribution >= 4 is 76.0 Å². The van der Waals surface area contributed by atoms with Crippen molar-refractivity contribution in [2.24, 2.45) is 0 Å². The molecular weight excluding hydrogens is 707 g/mol. The third kappa shape index (κ3) is 4.70. The van der Waals surface area contributed by atoms with E-state index in [0.717, 1.165) is 55.1 Å². The van der Waals surface area contributed by atoms with Crippen molar-refractivity contribution < 1.29 is 0 Å². The highest BCUT2D eigenvalue weighted by atomic mass is 32.2. The van der Waals surface area contributed by atoms with E-state index in [0.29, 0.717) is 11.2 Å². The highest BCUT2D eigenvalue weighted by molar-refractivity contribution is 8.00. The zero-order chi connectivity index (χ0) is 36.0. The molecule has 3 aromatic heterocycles. The highest BCUT2D eigenvalue weighted by Crippen LogP contribution is 2.56. The lowest BCUT2D eigenvalue weighted by Crippen LogP contribution is -2.07. The summed E-state index contributed by atoms with van der Waals surface area (Å²) in [4.78, 5) is 12.3. The number of thioether (sulfide) groups is 1. The fourth-order valence-electron chi connectivity index (χ4n) is 8.90. The van der Waals surface area contributed by atoms with Crippen LogP contribution < -0.4 is 0 Å². The van der Waals surface area contributed by atoms with E-state index in [1.54, 1.807) is 11.3 Å². The third-order valence-electron chi connectivity index (χ3n) is 11.3. The van der Waals surface area contributed by atoms with E-state index in [1.165, 1.54) is 47.7 Å². The largest absolute Gasteiger partial charge is 0.309 e. The first-order valence-electron chi connectivity index (χ1n) is 18.7. The number of aromatic nitrogens is 3. The SMILES string of the molecule is C1=CC2Sc3c(c4c5ccccc5n(-c5cc(-c6ccccc6)cc(-c6nc(-c7ccccc7)c7sc8ccccc8c7n6)c5)c4c4ccccc34)C2C=C1. The minimum Gasteiger partial charge on any atom is -0.309 e. The number of para-hydroxylation sites is 1. The van der Waals surface area contributed by atoms with Gasteiger partial charge in [0.25, 0.3) is 0 Å². The molecule has 12 rings (SSSR count). The van der Waals surface area contributed by atoms with Gasteiger partial charge in [0.15, 0.2) is 5.82 Å². The standard InChI is InChI=1S/C50H31N3S2/c1-3-15-30(16-4-1)32-27-33(50-51-45(31-17-5-2-6-18-31)49-46(52-50)39-23-11-14-26-42(39)55-49)29-34(28-32)53-40-24-12-9-21-37(40)43-44-38-22-10-13-25-41(38)54-48(44)36-20-8-7-19-35(36)47(43)53/h1-29,38,41H. The van der Waals surface area contributed by atoms with Gasteiger partial charge in [-0.15, -0.1) is 23.1 Å². The molecular formula is C50H31N3S2. The Balaban J connectivity index is 1.20. The van der Waals surface area contributed by atoms with Crippen molar-refractivity contribution in [3.05, 3.63) is 182 Å². The van der Waals surface area contributed by atoms with Crippen LogP contribution in [0.25, 0.3) is 92.3 Å². The summed E-state index contributed by atoms with van der Waals surface area (Å²) in [6.07, 6.45) is 9.22. The van der Waals surface area contributed by atoms with Gasteiger partial charge in [-0.25, -0.2) is 9.97 Å². The quantitative estimate of drug-likeness (QED) is 0.180. The zero-order valence-electron chi connectivity index (χ0n) is 29.6. The molecule has 0 amide bonds. The van der Waals surface area contributed by atoms with Gasteiger partial charge in [-0.2, -0.15) is 0 Å². The minimum atomic E-state index is 0.319. The molecule has 0 fully saturated rings. The maximum absolute atomic E-state index is 5.43. The maximum Gasteiger partial charge on any atom is 0.160 e. The number of allylic oxidation sites excluding steroid dienone is 3. The molecule has 258 valence electrons. The second-order valence-electron chi connectivity index (χ2n) is 14.4. The molecule has 0 saturated heterocycles. The molecule has 10 aromatic rings. The summed E-state index contributed by atoms with van der Waals surface area (Å²) >= 11 is 3.79. The fourth-order valence-corrected chi connectivity index (χ4v) is 11.5. The van der Waals surface area contributed by atoms with Crippen molar-refractivity contribution in [2.75, 3.05) is 0 Å². The highest BCUT2D eigenvalue weighted by Gasteiger charge is 2.36. The molecule has 55 heavy (non-hydrogen) atoms. The van der Waals surface area contributed by atoms with Gasteiger partial charge < -0.3 is 4.57 Å². The van der Waals surface area contributed by atoms with E-state index in [9.17, 15) is 0 Å². The normalized spacial score (nSPS) is 16.1. The molecule has 0 saturated carbocycles. The maximum atomic E-state index is 5.43. The second kappa shape index (κ2) is 12.1. The van der Waals surface area contributed by atoms with Gasteiger partial charge in [-0.3, -0.25) is 0 Å².